The summed E-state index contributed by atoms with van der Waals surface area (Å²) in [6, 6.07) is 17.3. The molecule has 0 saturated carbocycles. The zero-order valence-electron chi connectivity index (χ0n) is 10.7. The van der Waals surface area contributed by atoms with Crippen LogP contribution in [0.25, 0.3) is 11.3 Å². The number of hydrogen-bond donors (Lipinski definition) is 0. The van der Waals surface area contributed by atoms with Gasteiger partial charge in [-0.1, -0.05) is 54.6 Å². The predicted octanol–water partition coefficient (Wildman–Crippen LogP) is 3.79. The molecular weight excluding hydrogens is 236 g/mol. The fourth-order valence-corrected chi connectivity index (χ4v) is 2.41. The molecule has 2 nitrogen and oxygen atoms in total. The second kappa shape index (κ2) is 4.73. The monoisotopic (exact) mass is 250 g/mol. The molecule has 0 amide bonds. The van der Waals surface area contributed by atoms with E-state index in [1.807, 2.05) is 61.5 Å². The number of ketones is 1. The van der Waals surface area contributed by atoms with Crippen molar-refractivity contribution < 1.29 is 9.53 Å². The lowest BCUT2D eigenvalue weighted by Gasteiger charge is -2.08. The van der Waals surface area contributed by atoms with Crippen LogP contribution in [0.2, 0.25) is 0 Å². The van der Waals surface area contributed by atoms with Crippen molar-refractivity contribution in [2.75, 3.05) is 6.61 Å². The fraction of sp³-hybridized carbons (Fsp3) is 0.118. The predicted molar refractivity (Wildman–Crippen MR) is 75.7 cm³/mol. The highest BCUT2D eigenvalue weighted by atomic mass is 16.5. The summed E-state index contributed by atoms with van der Waals surface area (Å²) in [5, 5.41) is 0. The molecule has 1 aliphatic rings. The molecule has 2 aromatic rings. The van der Waals surface area contributed by atoms with E-state index in [2.05, 4.69) is 0 Å². The lowest BCUT2D eigenvalue weighted by atomic mass is 10.0. The van der Waals surface area contributed by atoms with Gasteiger partial charge in [-0.2, -0.15) is 0 Å². The SMILES string of the molecule is CCOC1=C(c2ccccc2)C(=O)c2ccccc21. The average Bonchev–Trinajstić information content (AvgIpc) is 2.74. The first-order valence-electron chi connectivity index (χ1n) is 6.39. The molecule has 1 aliphatic carbocycles. The maximum atomic E-state index is 12.5. The molecule has 0 N–H and O–H groups in total. The topological polar surface area (TPSA) is 26.3 Å². The van der Waals surface area contributed by atoms with E-state index < -0.39 is 0 Å². The molecule has 0 bridgehead atoms. The summed E-state index contributed by atoms with van der Waals surface area (Å²) in [7, 11) is 0. The van der Waals surface area contributed by atoms with Gasteiger partial charge in [0.15, 0.2) is 5.78 Å². The van der Waals surface area contributed by atoms with E-state index in [-0.39, 0.29) is 5.78 Å². The lowest BCUT2D eigenvalue weighted by Crippen LogP contribution is -1.98. The Morgan fingerprint density at radius 1 is 0.895 bits per heavy atom. The summed E-state index contributed by atoms with van der Waals surface area (Å²) in [6.45, 7) is 2.48. The van der Waals surface area contributed by atoms with Gasteiger partial charge in [0.05, 0.1) is 12.2 Å². The first-order valence-corrected chi connectivity index (χ1v) is 6.39. The molecule has 0 unspecified atom stereocenters. The van der Waals surface area contributed by atoms with Crippen LogP contribution in [0, 0.1) is 0 Å². The number of carbonyl (C=O) groups excluding carboxylic acids is 1. The van der Waals surface area contributed by atoms with Gasteiger partial charge >= 0.3 is 0 Å². The highest BCUT2D eigenvalue weighted by Gasteiger charge is 2.31. The van der Waals surface area contributed by atoms with Crippen LogP contribution < -0.4 is 0 Å². The van der Waals surface area contributed by atoms with E-state index in [4.69, 9.17) is 4.74 Å². The molecule has 2 aromatic carbocycles. The number of rotatable bonds is 3. The number of fused-ring (bicyclic) bond motifs is 1. The van der Waals surface area contributed by atoms with Crippen LogP contribution in [0.1, 0.15) is 28.4 Å². The molecule has 0 atom stereocenters. The summed E-state index contributed by atoms with van der Waals surface area (Å²) in [5.74, 6) is 0.750. The van der Waals surface area contributed by atoms with Gasteiger partial charge in [0.1, 0.15) is 5.76 Å². The Bertz CT molecular complexity index is 654. The van der Waals surface area contributed by atoms with Gasteiger partial charge < -0.3 is 4.74 Å². The summed E-state index contributed by atoms with van der Waals surface area (Å²) in [4.78, 5) is 12.5. The number of ether oxygens (including phenoxy) is 1. The summed E-state index contributed by atoms with van der Waals surface area (Å²) < 4.78 is 5.73. The molecule has 0 aliphatic heterocycles. The molecule has 3 rings (SSSR count). The molecule has 0 heterocycles. The van der Waals surface area contributed by atoms with Crippen molar-refractivity contribution in [1.82, 2.24) is 0 Å². The average molecular weight is 250 g/mol. The zero-order valence-corrected chi connectivity index (χ0v) is 10.7. The van der Waals surface area contributed by atoms with Crippen LogP contribution in [0.4, 0.5) is 0 Å². The zero-order chi connectivity index (χ0) is 13.2. The molecule has 19 heavy (non-hydrogen) atoms. The van der Waals surface area contributed by atoms with Crippen molar-refractivity contribution in [3.8, 4) is 0 Å². The first kappa shape index (κ1) is 11.7. The van der Waals surface area contributed by atoms with E-state index in [0.717, 1.165) is 16.7 Å². The van der Waals surface area contributed by atoms with Crippen LogP contribution in [-0.4, -0.2) is 12.4 Å². The maximum absolute atomic E-state index is 12.5. The molecule has 94 valence electrons. The van der Waals surface area contributed by atoms with Crippen LogP contribution in [0.3, 0.4) is 0 Å². The number of carbonyl (C=O) groups is 1. The van der Waals surface area contributed by atoms with Crippen molar-refractivity contribution in [2.45, 2.75) is 6.92 Å². The second-order valence-corrected chi connectivity index (χ2v) is 4.38. The number of Topliss-reactive ketones (excluding diaryl/α,β-unsaturated/α-hetero) is 1. The van der Waals surface area contributed by atoms with E-state index in [9.17, 15) is 4.79 Å². The van der Waals surface area contributed by atoms with E-state index in [0.29, 0.717) is 17.9 Å². The summed E-state index contributed by atoms with van der Waals surface area (Å²) >= 11 is 0. The molecule has 0 spiro atoms. The minimum absolute atomic E-state index is 0.0465. The van der Waals surface area contributed by atoms with Crippen LogP contribution in [0.5, 0.6) is 0 Å². The molecule has 0 radical (unpaired) electrons. The Kier molecular flexibility index (Phi) is 2.92. The third-order valence-electron chi connectivity index (χ3n) is 3.22. The summed E-state index contributed by atoms with van der Waals surface area (Å²) in [5.41, 5.74) is 3.20. The Balaban J connectivity index is 2.21. The van der Waals surface area contributed by atoms with Gasteiger partial charge in [-0.15, -0.1) is 0 Å². The highest BCUT2D eigenvalue weighted by Crippen LogP contribution is 2.38. The molecule has 0 aromatic heterocycles. The van der Waals surface area contributed by atoms with Crippen molar-refractivity contribution in [2.24, 2.45) is 0 Å². The van der Waals surface area contributed by atoms with Crippen molar-refractivity contribution in [3.63, 3.8) is 0 Å². The van der Waals surface area contributed by atoms with E-state index in [1.165, 1.54) is 0 Å². The van der Waals surface area contributed by atoms with Crippen LogP contribution in [0.15, 0.2) is 54.6 Å². The minimum atomic E-state index is 0.0465. The lowest BCUT2D eigenvalue weighted by molar-refractivity contribution is 0.105. The van der Waals surface area contributed by atoms with Gasteiger partial charge in [0.25, 0.3) is 0 Å². The summed E-state index contributed by atoms with van der Waals surface area (Å²) in [6.07, 6.45) is 0. The van der Waals surface area contributed by atoms with Crippen LogP contribution in [-0.2, 0) is 4.74 Å². The maximum Gasteiger partial charge on any atom is 0.198 e. The highest BCUT2D eigenvalue weighted by molar-refractivity contribution is 6.39. The molecule has 0 saturated heterocycles. The Morgan fingerprint density at radius 3 is 2.21 bits per heavy atom. The Labute approximate surface area is 112 Å². The number of hydrogen-bond acceptors (Lipinski definition) is 2. The van der Waals surface area contributed by atoms with Crippen LogP contribution >= 0.6 is 0 Å². The van der Waals surface area contributed by atoms with Gasteiger partial charge in [0.2, 0.25) is 0 Å². The second-order valence-electron chi connectivity index (χ2n) is 4.38. The third kappa shape index (κ3) is 1.85. The smallest absolute Gasteiger partial charge is 0.198 e. The van der Waals surface area contributed by atoms with Gasteiger partial charge in [0, 0.05) is 11.1 Å². The molecule has 0 fully saturated rings. The van der Waals surface area contributed by atoms with Crippen molar-refractivity contribution >= 4 is 17.1 Å². The van der Waals surface area contributed by atoms with E-state index in [1.54, 1.807) is 0 Å². The van der Waals surface area contributed by atoms with E-state index >= 15 is 0 Å². The number of benzene rings is 2. The van der Waals surface area contributed by atoms with Gasteiger partial charge in [-0.25, -0.2) is 0 Å². The van der Waals surface area contributed by atoms with Crippen molar-refractivity contribution in [3.05, 3.63) is 71.3 Å². The standard InChI is InChI=1S/C17H14O2/c1-2-19-17-14-11-7-6-10-13(14)16(18)15(17)12-8-4-3-5-9-12/h3-11H,2H2,1H3. The Hall–Kier alpha value is -2.35. The molecular formula is C17H14O2. The van der Waals surface area contributed by atoms with Crippen molar-refractivity contribution in [1.29, 1.82) is 0 Å². The minimum Gasteiger partial charge on any atom is -0.492 e. The fourth-order valence-electron chi connectivity index (χ4n) is 2.41. The number of allylic oxidation sites excluding steroid dienone is 1. The largest absolute Gasteiger partial charge is 0.492 e. The first-order chi connectivity index (χ1) is 9.33. The van der Waals surface area contributed by atoms with Gasteiger partial charge in [-0.05, 0) is 12.5 Å². The van der Waals surface area contributed by atoms with Gasteiger partial charge in [-0.3, -0.25) is 4.79 Å². The third-order valence-corrected chi connectivity index (χ3v) is 3.22. The molecule has 2 heteroatoms. The Morgan fingerprint density at radius 2 is 1.53 bits per heavy atom. The quantitative estimate of drug-likeness (QED) is 0.828. The normalized spacial score (nSPS) is 13.6.